The van der Waals surface area contributed by atoms with E-state index in [-0.39, 0.29) is 17.7 Å². The lowest BCUT2D eigenvalue weighted by Crippen LogP contribution is -2.30. The number of carbonyl (C=O) groups excluding carboxylic acids is 3. The van der Waals surface area contributed by atoms with Gasteiger partial charge in [-0.1, -0.05) is 6.92 Å². The number of carbonyl (C=O) groups is 3. The van der Waals surface area contributed by atoms with Crippen molar-refractivity contribution in [2.24, 2.45) is 13.0 Å². The summed E-state index contributed by atoms with van der Waals surface area (Å²) in [6.07, 6.45) is 2.89. The molecule has 8 nitrogen and oxygen atoms in total. The molecule has 1 aliphatic rings. The van der Waals surface area contributed by atoms with Crippen LogP contribution in [0.15, 0.2) is 23.1 Å². The zero-order chi connectivity index (χ0) is 22.7. The number of nitrogens with one attached hydrogen (secondary N) is 1. The Balaban J connectivity index is 1.77. The molecule has 2 atom stereocenters. The highest BCUT2D eigenvalue weighted by atomic mass is 32.1. The number of esters is 2. The average Bonchev–Trinajstić information content (AvgIpc) is 3.06. The van der Waals surface area contributed by atoms with Crippen molar-refractivity contribution < 1.29 is 23.9 Å². The summed E-state index contributed by atoms with van der Waals surface area (Å²) in [5, 5.41) is 3.15. The van der Waals surface area contributed by atoms with E-state index in [1.54, 1.807) is 14.0 Å². The maximum atomic E-state index is 12.7. The lowest BCUT2D eigenvalue weighted by atomic mass is 9.88. The molecular weight excluding hydrogens is 420 g/mol. The number of aryl methyl sites for hydroxylation is 1. The van der Waals surface area contributed by atoms with Gasteiger partial charge in [-0.15, -0.1) is 11.3 Å². The first-order chi connectivity index (χ1) is 14.7. The molecule has 0 spiro atoms. The lowest BCUT2D eigenvalue weighted by Gasteiger charge is -2.18. The average molecular weight is 447 g/mol. The van der Waals surface area contributed by atoms with Crippen molar-refractivity contribution in [2.45, 2.75) is 46.1 Å². The predicted octanol–water partition coefficient (Wildman–Crippen LogP) is 2.93. The quantitative estimate of drug-likeness (QED) is 0.685. The molecule has 0 aromatic carbocycles. The molecule has 9 heteroatoms. The van der Waals surface area contributed by atoms with Crippen molar-refractivity contribution in [3.63, 3.8) is 0 Å². The van der Waals surface area contributed by atoms with Gasteiger partial charge in [-0.25, -0.2) is 9.59 Å². The van der Waals surface area contributed by atoms with E-state index >= 15 is 0 Å². The molecule has 0 aliphatic heterocycles. The summed E-state index contributed by atoms with van der Waals surface area (Å²) in [6, 6.07) is 2.60. The minimum absolute atomic E-state index is 0.0653. The van der Waals surface area contributed by atoms with E-state index in [1.165, 1.54) is 35.1 Å². The van der Waals surface area contributed by atoms with E-state index in [0.717, 1.165) is 35.8 Å². The monoisotopic (exact) mass is 446 g/mol. The van der Waals surface area contributed by atoms with E-state index < -0.39 is 23.9 Å². The van der Waals surface area contributed by atoms with Crippen molar-refractivity contribution >= 4 is 34.2 Å². The summed E-state index contributed by atoms with van der Waals surface area (Å²) in [6.45, 7) is 5.56. The Hall–Kier alpha value is -2.94. The Morgan fingerprint density at radius 1 is 1.32 bits per heavy atom. The number of pyridine rings is 1. The number of fused-ring (bicyclic) bond motifs is 1. The first-order valence-corrected chi connectivity index (χ1v) is 11.0. The minimum atomic E-state index is -1.12. The second-order valence-electron chi connectivity index (χ2n) is 7.68. The Kier molecular flexibility index (Phi) is 6.94. The van der Waals surface area contributed by atoms with Crippen molar-refractivity contribution in [1.82, 2.24) is 4.57 Å². The second-order valence-corrected chi connectivity index (χ2v) is 8.78. The van der Waals surface area contributed by atoms with Gasteiger partial charge < -0.3 is 19.4 Å². The Morgan fingerprint density at radius 2 is 2.06 bits per heavy atom. The van der Waals surface area contributed by atoms with E-state index in [4.69, 9.17) is 9.47 Å². The molecule has 0 saturated heterocycles. The molecule has 0 saturated carbocycles. The Bertz CT molecular complexity index is 1070. The van der Waals surface area contributed by atoms with Gasteiger partial charge in [-0.2, -0.15) is 0 Å². The van der Waals surface area contributed by atoms with E-state index in [1.807, 2.05) is 0 Å². The summed E-state index contributed by atoms with van der Waals surface area (Å²) in [4.78, 5) is 50.4. The summed E-state index contributed by atoms with van der Waals surface area (Å²) >= 11 is 1.37. The van der Waals surface area contributed by atoms with Crippen LogP contribution in [0.2, 0.25) is 0 Å². The molecule has 1 amide bonds. The first kappa shape index (κ1) is 22.7. The fourth-order valence-electron chi connectivity index (χ4n) is 3.43. The molecular formula is C22H26N2O6S. The topological polar surface area (TPSA) is 104 Å². The van der Waals surface area contributed by atoms with Gasteiger partial charge in [0.1, 0.15) is 5.00 Å². The summed E-state index contributed by atoms with van der Waals surface area (Å²) in [5.74, 6) is -1.29. The molecule has 2 unspecified atom stereocenters. The zero-order valence-electron chi connectivity index (χ0n) is 18.0. The first-order valence-electron chi connectivity index (χ1n) is 10.2. The van der Waals surface area contributed by atoms with Crippen LogP contribution in [-0.2, 0) is 34.2 Å². The molecule has 31 heavy (non-hydrogen) atoms. The molecule has 166 valence electrons. The van der Waals surface area contributed by atoms with Crippen LogP contribution in [0.5, 0.6) is 0 Å². The summed E-state index contributed by atoms with van der Waals surface area (Å²) < 4.78 is 11.7. The van der Waals surface area contributed by atoms with Gasteiger partial charge in [0.05, 0.1) is 17.7 Å². The fourth-order valence-corrected chi connectivity index (χ4v) is 4.83. The van der Waals surface area contributed by atoms with Crippen LogP contribution in [0.1, 0.15) is 58.3 Å². The second kappa shape index (κ2) is 9.47. The maximum absolute atomic E-state index is 12.7. The summed E-state index contributed by atoms with van der Waals surface area (Å²) in [7, 11) is 1.57. The molecule has 3 rings (SSSR count). The highest BCUT2D eigenvalue weighted by molar-refractivity contribution is 7.17. The maximum Gasteiger partial charge on any atom is 0.341 e. The number of nitrogens with zero attached hydrogens (tertiary/aromatic N) is 1. The number of aromatic nitrogens is 1. The number of ether oxygens (including phenoxy) is 2. The molecule has 2 aromatic heterocycles. The van der Waals surface area contributed by atoms with Crippen LogP contribution in [0.4, 0.5) is 5.00 Å². The van der Waals surface area contributed by atoms with Crippen LogP contribution >= 0.6 is 11.3 Å². The Labute approximate surface area is 184 Å². The number of hydrogen-bond acceptors (Lipinski definition) is 7. The third-order valence-electron chi connectivity index (χ3n) is 5.22. The van der Waals surface area contributed by atoms with Gasteiger partial charge in [0.25, 0.3) is 11.5 Å². The number of rotatable bonds is 6. The smallest absolute Gasteiger partial charge is 0.341 e. The molecule has 0 radical (unpaired) electrons. The van der Waals surface area contributed by atoms with E-state index in [0.29, 0.717) is 16.5 Å². The highest BCUT2D eigenvalue weighted by Gasteiger charge is 2.30. The standard InChI is InChI=1S/C22H26N2O6S/c1-5-29-22(28)18-15-7-6-12(2)10-16(15)31-20(18)23-19(26)13(3)30-21(27)14-8-9-24(4)17(25)11-14/h8-9,11-13H,5-7,10H2,1-4H3,(H,23,26). The highest BCUT2D eigenvalue weighted by Crippen LogP contribution is 2.40. The number of amides is 1. The SMILES string of the molecule is CCOC(=O)c1c(NC(=O)C(C)OC(=O)c2ccn(C)c(=O)c2)sc2c1CCC(C)C2. The van der Waals surface area contributed by atoms with Crippen LogP contribution < -0.4 is 10.9 Å². The minimum Gasteiger partial charge on any atom is -0.462 e. The van der Waals surface area contributed by atoms with Gasteiger partial charge in [-0.3, -0.25) is 9.59 Å². The third-order valence-corrected chi connectivity index (χ3v) is 6.39. The van der Waals surface area contributed by atoms with Gasteiger partial charge in [-0.05, 0) is 50.7 Å². The molecule has 0 fully saturated rings. The van der Waals surface area contributed by atoms with Crippen LogP contribution in [0, 0.1) is 5.92 Å². The van der Waals surface area contributed by atoms with Crippen molar-refractivity contribution in [3.05, 3.63) is 50.3 Å². The number of thiophene rings is 1. The molecule has 1 N–H and O–H groups in total. The molecule has 1 aliphatic carbocycles. The predicted molar refractivity (Wildman–Crippen MR) is 117 cm³/mol. The normalized spacial score (nSPS) is 16.2. The Morgan fingerprint density at radius 3 is 2.74 bits per heavy atom. The molecule has 2 heterocycles. The van der Waals surface area contributed by atoms with Gasteiger partial charge >= 0.3 is 11.9 Å². The van der Waals surface area contributed by atoms with E-state index in [9.17, 15) is 19.2 Å². The van der Waals surface area contributed by atoms with Crippen molar-refractivity contribution in [1.29, 1.82) is 0 Å². The van der Waals surface area contributed by atoms with Crippen LogP contribution in [-0.4, -0.2) is 35.1 Å². The largest absolute Gasteiger partial charge is 0.462 e. The fraction of sp³-hybridized carbons (Fsp3) is 0.455. The lowest BCUT2D eigenvalue weighted by molar-refractivity contribution is -0.123. The van der Waals surface area contributed by atoms with Crippen molar-refractivity contribution in [2.75, 3.05) is 11.9 Å². The van der Waals surface area contributed by atoms with Gasteiger partial charge in [0.2, 0.25) is 0 Å². The number of anilines is 1. The summed E-state index contributed by atoms with van der Waals surface area (Å²) in [5.41, 5.74) is 1.04. The third kappa shape index (κ3) is 5.04. The van der Waals surface area contributed by atoms with Crippen LogP contribution in [0.25, 0.3) is 0 Å². The zero-order valence-corrected chi connectivity index (χ0v) is 18.8. The molecule has 2 aromatic rings. The molecule has 0 bridgehead atoms. The number of hydrogen-bond donors (Lipinski definition) is 1. The van der Waals surface area contributed by atoms with Crippen molar-refractivity contribution in [3.8, 4) is 0 Å². The van der Waals surface area contributed by atoms with Gasteiger partial charge in [0.15, 0.2) is 6.10 Å². The van der Waals surface area contributed by atoms with Crippen LogP contribution in [0.3, 0.4) is 0 Å². The van der Waals surface area contributed by atoms with Gasteiger partial charge in [0, 0.05) is 24.2 Å². The van der Waals surface area contributed by atoms with E-state index in [2.05, 4.69) is 12.2 Å².